The van der Waals surface area contributed by atoms with Crippen molar-refractivity contribution in [2.75, 3.05) is 20.2 Å². The molecule has 0 saturated carbocycles. The first-order chi connectivity index (χ1) is 6.81. The van der Waals surface area contributed by atoms with Crippen LogP contribution in [0.3, 0.4) is 0 Å². The Kier molecular flexibility index (Phi) is 4.11. The van der Waals surface area contributed by atoms with E-state index in [1.807, 2.05) is 0 Å². The molecule has 6 heteroatoms. The van der Waals surface area contributed by atoms with Crippen molar-refractivity contribution in [2.24, 2.45) is 0 Å². The van der Waals surface area contributed by atoms with E-state index < -0.39 is 5.97 Å². The highest BCUT2D eigenvalue weighted by Gasteiger charge is 2.22. The quantitative estimate of drug-likeness (QED) is 0.770. The minimum absolute atomic E-state index is 0. The fourth-order valence-corrected chi connectivity index (χ4v) is 1.59. The third-order valence-electron chi connectivity index (χ3n) is 2.39. The van der Waals surface area contributed by atoms with Crippen LogP contribution in [0.5, 0.6) is 0 Å². The third kappa shape index (κ3) is 2.49. The van der Waals surface area contributed by atoms with Crippen LogP contribution in [0, 0.1) is 0 Å². The molecule has 15 heavy (non-hydrogen) atoms. The van der Waals surface area contributed by atoms with Gasteiger partial charge in [0.15, 0.2) is 0 Å². The number of methoxy groups -OCH3 is 1. The van der Waals surface area contributed by atoms with E-state index in [1.165, 1.54) is 7.11 Å². The van der Waals surface area contributed by atoms with Crippen molar-refractivity contribution in [3.05, 3.63) is 17.5 Å². The minimum Gasteiger partial charge on any atom is -0.463 e. The van der Waals surface area contributed by atoms with Gasteiger partial charge in [-0.05, 0) is 13.0 Å². The number of aromatic nitrogens is 1. The normalized spacial score (nSPS) is 19.7. The van der Waals surface area contributed by atoms with Gasteiger partial charge in [-0.15, -0.1) is 12.4 Å². The topological polar surface area (TPSA) is 64.4 Å². The first-order valence-corrected chi connectivity index (χ1v) is 4.57. The Morgan fingerprint density at radius 3 is 3.13 bits per heavy atom. The van der Waals surface area contributed by atoms with E-state index in [1.54, 1.807) is 6.07 Å². The summed E-state index contributed by atoms with van der Waals surface area (Å²) in [5, 5.41) is 7.08. The molecule has 84 valence electrons. The zero-order valence-electron chi connectivity index (χ0n) is 8.36. The second-order valence-electron chi connectivity index (χ2n) is 3.30. The van der Waals surface area contributed by atoms with Crippen molar-refractivity contribution in [1.29, 1.82) is 0 Å². The van der Waals surface area contributed by atoms with E-state index in [0.29, 0.717) is 5.92 Å². The average Bonchev–Trinajstić information content (AvgIpc) is 2.86. The minimum atomic E-state index is -0.477. The number of nitrogens with zero attached hydrogens (tertiary/aromatic N) is 1. The Morgan fingerprint density at radius 1 is 1.73 bits per heavy atom. The maximum Gasteiger partial charge on any atom is 0.376 e. The maximum absolute atomic E-state index is 11.1. The van der Waals surface area contributed by atoms with E-state index in [2.05, 4.69) is 15.2 Å². The molecule has 0 aliphatic carbocycles. The van der Waals surface area contributed by atoms with Gasteiger partial charge in [-0.25, -0.2) is 4.79 Å². The van der Waals surface area contributed by atoms with Crippen molar-refractivity contribution < 1.29 is 14.1 Å². The second kappa shape index (κ2) is 5.14. The van der Waals surface area contributed by atoms with Crippen molar-refractivity contribution in [2.45, 2.75) is 12.3 Å². The standard InChI is InChI=1S/C9H12N2O3.ClH/c1-13-9(12)8-4-7(11-14-8)6-2-3-10-5-6;/h4,6,10H,2-3,5H2,1H3;1H. The summed E-state index contributed by atoms with van der Waals surface area (Å²) in [6.45, 7) is 1.89. The van der Waals surface area contributed by atoms with Gasteiger partial charge in [0.1, 0.15) is 0 Å². The first kappa shape index (κ1) is 12.0. The van der Waals surface area contributed by atoms with Crippen LogP contribution in [0.2, 0.25) is 0 Å². The van der Waals surface area contributed by atoms with Crippen LogP contribution in [0.4, 0.5) is 0 Å². The molecule has 1 aliphatic rings. The zero-order valence-corrected chi connectivity index (χ0v) is 9.17. The third-order valence-corrected chi connectivity index (χ3v) is 2.39. The molecule has 1 N–H and O–H groups in total. The van der Waals surface area contributed by atoms with Gasteiger partial charge in [-0.3, -0.25) is 0 Å². The van der Waals surface area contributed by atoms with Crippen LogP contribution in [0.1, 0.15) is 28.6 Å². The summed E-state index contributed by atoms with van der Waals surface area (Å²) in [7, 11) is 1.32. The van der Waals surface area contributed by atoms with E-state index >= 15 is 0 Å². The summed E-state index contributed by atoms with van der Waals surface area (Å²) in [6, 6.07) is 1.66. The molecule has 1 aromatic rings. The largest absolute Gasteiger partial charge is 0.463 e. The Bertz CT molecular complexity index is 334. The average molecular weight is 233 g/mol. The van der Waals surface area contributed by atoms with Gasteiger partial charge < -0.3 is 14.6 Å². The first-order valence-electron chi connectivity index (χ1n) is 4.57. The molecule has 2 heterocycles. The van der Waals surface area contributed by atoms with Gasteiger partial charge in [0, 0.05) is 18.5 Å². The molecule has 0 spiro atoms. The summed E-state index contributed by atoms with van der Waals surface area (Å²) in [6.07, 6.45) is 1.03. The number of carbonyl (C=O) groups is 1. The van der Waals surface area contributed by atoms with Crippen LogP contribution >= 0.6 is 12.4 Å². The van der Waals surface area contributed by atoms with Crippen LogP contribution < -0.4 is 5.32 Å². The molecule has 2 rings (SSSR count). The summed E-state index contributed by atoms with van der Waals surface area (Å²) in [5.74, 6) is 0.0567. The van der Waals surface area contributed by atoms with Gasteiger partial charge in [0.05, 0.1) is 12.8 Å². The molecular weight excluding hydrogens is 220 g/mol. The maximum atomic E-state index is 11.1. The predicted molar refractivity (Wildman–Crippen MR) is 55.3 cm³/mol. The SMILES string of the molecule is COC(=O)c1cc(C2CCNC2)no1.Cl. The van der Waals surface area contributed by atoms with Gasteiger partial charge in [0.2, 0.25) is 5.76 Å². The second-order valence-corrected chi connectivity index (χ2v) is 3.30. The predicted octanol–water partition coefficient (Wildman–Crippen LogP) is 0.960. The fraction of sp³-hybridized carbons (Fsp3) is 0.556. The number of rotatable bonds is 2. The molecule has 5 nitrogen and oxygen atoms in total. The number of hydrogen-bond donors (Lipinski definition) is 1. The molecule has 0 aromatic carbocycles. The highest BCUT2D eigenvalue weighted by molar-refractivity contribution is 5.86. The molecule has 1 unspecified atom stereocenters. The number of ether oxygens (including phenoxy) is 1. The van der Waals surface area contributed by atoms with Crippen LogP contribution in [0.15, 0.2) is 10.6 Å². The monoisotopic (exact) mass is 232 g/mol. The fourth-order valence-electron chi connectivity index (χ4n) is 1.59. The van der Waals surface area contributed by atoms with E-state index in [4.69, 9.17) is 4.52 Å². The highest BCUT2D eigenvalue weighted by atomic mass is 35.5. The number of carbonyl (C=O) groups excluding carboxylic acids is 1. The Balaban J connectivity index is 0.00000112. The van der Waals surface area contributed by atoms with Gasteiger partial charge in [-0.2, -0.15) is 0 Å². The van der Waals surface area contributed by atoms with Crippen molar-refractivity contribution in [3.8, 4) is 0 Å². The molecule has 1 saturated heterocycles. The smallest absolute Gasteiger partial charge is 0.376 e. The summed E-state index contributed by atoms with van der Waals surface area (Å²) >= 11 is 0. The molecule has 0 amide bonds. The van der Waals surface area contributed by atoms with Crippen LogP contribution in [-0.4, -0.2) is 31.3 Å². The zero-order chi connectivity index (χ0) is 9.97. The Labute approximate surface area is 93.6 Å². The van der Waals surface area contributed by atoms with Gasteiger partial charge >= 0.3 is 5.97 Å². The number of nitrogens with one attached hydrogen (secondary N) is 1. The number of hydrogen-bond acceptors (Lipinski definition) is 5. The van der Waals surface area contributed by atoms with Crippen LogP contribution in [0.25, 0.3) is 0 Å². The lowest BCUT2D eigenvalue weighted by atomic mass is 10.1. The number of esters is 1. The molecule has 1 aliphatic heterocycles. The van der Waals surface area contributed by atoms with E-state index in [-0.39, 0.29) is 18.2 Å². The molecule has 0 bridgehead atoms. The van der Waals surface area contributed by atoms with Gasteiger partial charge in [0.25, 0.3) is 0 Å². The molecule has 0 radical (unpaired) electrons. The Hall–Kier alpha value is -1.07. The lowest BCUT2D eigenvalue weighted by molar-refractivity contribution is 0.0554. The van der Waals surface area contributed by atoms with Crippen molar-refractivity contribution in [3.63, 3.8) is 0 Å². The van der Waals surface area contributed by atoms with Crippen molar-refractivity contribution >= 4 is 18.4 Å². The molecule has 1 atom stereocenters. The lowest BCUT2D eigenvalue weighted by Crippen LogP contribution is -2.08. The van der Waals surface area contributed by atoms with Gasteiger partial charge in [-0.1, -0.05) is 5.16 Å². The Morgan fingerprint density at radius 2 is 2.53 bits per heavy atom. The van der Waals surface area contributed by atoms with E-state index in [9.17, 15) is 4.79 Å². The molecular formula is C9H13ClN2O3. The lowest BCUT2D eigenvalue weighted by Gasteiger charge is -1.99. The van der Waals surface area contributed by atoms with Crippen molar-refractivity contribution in [1.82, 2.24) is 10.5 Å². The molecule has 1 aromatic heterocycles. The van der Waals surface area contributed by atoms with E-state index in [0.717, 1.165) is 25.2 Å². The summed E-state index contributed by atoms with van der Waals surface area (Å²) in [5.41, 5.74) is 0.829. The number of halogens is 1. The summed E-state index contributed by atoms with van der Waals surface area (Å²) < 4.78 is 9.40. The summed E-state index contributed by atoms with van der Waals surface area (Å²) in [4.78, 5) is 11.1. The highest BCUT2D eigenvalue weighted by Crippen LogP contribution is 2.21. The molecule has 1 fully saturated rings. The van der Waals surface area contributed by atoms with Crippen LogP contribution in [-0.2, 0) is 4.74 Å².